The first kappa shape index (κ1) is 20.4. The lowest BCUT2D eigenvalue weighted by molar-refractivity contribution is -0.135. The molecule has 1 aromatic carbocycles. The van der Waals surface area contributed by atoms with Gasteiger partial charge in [0.2, 0.25) is 11.8 Å². The molecule has 2 amide bonds. The number of H-pyrrole nitrogens is 1. The number of hydrogen-bond acceptors (Lipinski definition) is 2. The van der Waals surface area contributed by atoms with Gasteiger partial charge in [-0.3, -0.25) is 9.59 Å². The van der Waals surface area contributed by atoms with Crippen molar-refractivity contribution in [3.05, 3.63) is 35.5 Å². The molecule has 0 aliphatic carbocycles. The van der Waals surface area contributed by atoms with Crippen molar-refractivity contribution in [3.63, 3.8) is 0 Å². The molecule has 0 spiro atoms. The van der Waals surface area contributed by atoms with Crippen LogP contribution < -0.4 is 5.32 Å². The van der Waals surface area contributed by atoms with Crippen LogP contribution in [0, 0.1) is 12.8 Å². The molecule has 2 N–H and O–H groups in total. The van der Waals surface area contributed by atoms with Crippen LogP contribution in [0.15, 0.2) is 24.3 Å². The van der Waals surface area contributed by atoms with Gasteiger partial charge in [-0.25, -0.2) is 0 Å². The van der Waals surface area contributed by atoms with E-state index in [2.05, 4.69) is 23.3 Å². The van der Waals surface area contributed by atoms with Crippen LogP contribution in [0.25, 0.3) is 10.9 Å². The minimum atomic E-state index is -0.0760. The summed E-state index contributed by atoms with van der Waals surface area (Å²) in [5.74, 6) is 0.151. The largest absolute Gasteiger partial charge is 0.358 e. The van der Waals surface area contributed by atoms with Crippen LogP contribution in [0.4, 0.5) is 0 Å². The van der Waals surface area contributed by atoms with Crippen LogP contribution in [-0.4, -0.2) is 41.3 Å². The second kappa shape index (κ2) is 9.76. The van der Waals surface area contributed by atoms with Crippen molar-refractivity contribution in [2.75, 3.05) is 19.6 Å². The third-order valence-electron chi connectivity index (χ3n) is 5.83. The van der Waals surface area contributed by atoms with E-state index in [1.165, 1.54) is 12.8 Å². The molecule has 0 radical (unpaired) electrons. The average molecular weight is 384 g/mol. The highest BCUT2D eigenvalue weighted by atomic mass is 16.2. The van der Waals surface area contributed by atoms with Crippen LogP contribution in [-0.2, 0) is 16.0 Å². The highest BCUT2D eigenvalue weighted by molar-refractivity contribution is 5.90. The molecule has 152 valence electrons. The summed E-state index contributed by atoms with van der Waals surface area (Å²) in [6.07, 6.45) is 6.77. The number of amides is 2. The number of nitrogens with zero attached hydrogens (tertiary/aromatic N) is 1. The van der Waals surface area contributed by atoms with Gasteiger partial charge in [0, 0.05) is 36.2 Å². The minimum absolute atomic E-state index is 0.0760. The van der Waals surface area contributed by atoms with E-state index in [0.29, 0.717) is 13.0 Å². The van der Waals surface area contributed by atoms with E-state index >= 15 is 0 Å². The van der Waals surface area contributed by atoms with Crippen LogP contribution in [0.1, 0.15) is 56.7 Å². The average Bonchev–Trinajstić information content (AvgIpc) is 3.03. The maximum absolute atomic E-state index is 12.9. The molecule has 5 heteroatoms. The van der Waals surface area contributed by atoms with Crippen molar-refractivity contribution in [1.82, 2.24) is 15.2 Å². The third-order valence-corrected chi connectivity index (χ3v) is 5.83. The van der Waals surface area contributed by atoms with Crippen molar-refractivity contribution in [2.45, 2.75) is 58.8 Å². The summed E-state index contributed by atoms with van der Waals surface area (Å²) in [6, 6.07) is 8.11. The van der Waals surface area contributed by atoms with Gasteiger partial charge in [-0.15, -0.1) is 0 Å². The second-order valence-electron chi connectivity index (χ2n) is 7.98. The third kappa shape index (κ3) is 4.94. The van der Waals surface area contributed by atoms with E-state index in [4.69, 9.17) is 0 Å². The SMILES string of the molecule is CCCCCCNC(=O)C1CCCN(C(=O)Cc2c(C)[nH]c3ccccc23)C1. The molecule has 1 unspecified atom stereocenters. The first-order chi connectivity index (χ1) is 13.6. The molecule has 28 heavy (non-hydrogen) atoms. The number of para-hydroxylation sites is 1. The number of unbranched alkanes of at least 4 members (excludes halogenated alkanes) is 3. The summed E-state index contributed by atoms with van der Waals surface area (Å²) in [4.78, 5) is 30.7. The van der Waals surface area contributed by atoms with Gasteiger partial charge in [0.05, 0.1) is 12.3 Å². The molecule has 1 fully saturated rings. The predicted molar refractivity (Wildman–Crippen MR) is 113 cm³/mol. The Labute approximate surface area is 167 Å². The topological polar surface area (TPSA) is 65.2 Å². The number of aromatic nitrogens is 1. The molecule has 1 saturated heterocycles. The standard InChI is InChI=1S/C23H33N3O2/c1-3-4-5-8-13-24-23(28)18-10-9-14-26(16-18)22(27)15-20-17(2)25-21-12-7-6-11-19(20)21/h6-7,11-12,18,25H,3-5,8-10,13-16H2,1-2H3,(H,24,28). The van der Waals surface area contributed by atoms with E-state index in [0.717, 1.165) is 60.9 Å². The van der Waals surface area contributed by atoms with E-state index in [1.807, 2.05) is 30.0 Å². The van der Waals surface area contributed by atoms with Crippen LogP contribution >= 0.6 is 0 Å². The van der Waals surface area contributed by atoms with Crippen molar-refractivity contribution >= 4 is 22.7 Å². The highest BCUT2D eigenvalue weighted by Gasteiger charge is 2.28. The van der Waals surface area contributed by atoms with Gasteiger partial charge < -0.3 is 15.2 Å². The Morgan fingerprint density at radius 3 is 2.86 bits per heavy atom. The summed E-state index contributed by atoms with van der Waals surface area (Å²) in [5, 5.41) is 4.19. The Kier molecular flexibility index (Phi) is 7.12. The number of nitrogens with one attached hydrogen (secondary N) is 2. The number of benzene rings is 1. The number of likely N-dealkylation sites (tertiary alicyclic amines) is 1. The monoisotopic (exact) mass is 383 g/mol. The number of carbonyl (C=O) groups is 2. The molecule has 2 aromatic rings. The molecule has 1 aliphatic heterocycles. The molecule has 1 aliphatic rings. The van der Waals surface area contributed by atoms with Crippen molar-refractivity contribution in [3.8, 4) is 0 Å². The van der Waals surface area contributed by atoms with Gasteiger partial charge in [0.1, 0.15) is 0 Å². The zero-order chi connectivity index (χ0) is 19.9. The van der Waals surface area contributed by atoms with Gasteiger partial charge in [0.25, 0.3) is 0 Å². The molecular weight excluding hydrogens is 350 g/mol. The number of carbonyl (C=O) groups excluding carboxylic acids is 2. The summed E-state index contributed by atoms with van der Waals surface area (Å²) in [7, 11) is 0. The lowest BCUT2D eigenvalue weighted by atomic mass is 9.96. The van der Waals surface area contributed by atoms with Crippen LogP contribution in [0.5, 0.6) is 0 Å². The molecular formula is C23H33N3O2. The number of aromatic amines is 1. The van der Waals surface area contributed by atoms with Gasteiger partial charge in [-0.1, -0.05) is 44.4 Å². The Hall–Kier alpha value is -2.30. The normalized spacial score (nSPS) is 17.1. The molecule has 1 aromatic heterocycles. The number of rotatable bonds is 8. The lowest BCUT2D eigenvalue weighted by Crippen LogP contribution is -2.46. The maximum Gasteiger partial charge on any atom is 0.227 e. The zero-order valence-corrected chi connectivity index (χ0v) is 17.2. The summed E-state index contributed by atoms with van der Waals surface area (Å²) >= 11 is 0. The van der Waals surface area contributed by atoms with Crippen molar-refractivity contribution in [2.24, 2.45) is 5.92 Å². The number of fused-ring (bicyclic) bond motifs is 1. The first-order valence-electron chi connectivity index (χ1n) is 10.7. The van der Waals surface area contributed by atoms with Gasteiger partial charge in [-0.05, 0) is 37.8 Å². The predicted octanol–water partition coefficient (Wildman–Crippen LogP) is 3.95. The quantitative estimate of drug-likeness (QED) is 0.678. The second-order valence-corrected chi connectivity index (χ2v) is 7.98. The molecule has 0 bridgehead atoms. The maximum atomic E-state index is 12.9. The molecule has 5 nitrogen and oxygen atoms in total. The van der Waals surface area contributed by atoms with Crippen molar-refractivity contribution in [1.29, 1.82) is 0 Å². The Morgan fingerprint density at radius 2 is 2.04 bits per heavy atom. The van der Waals surface area contributed by atoms with E-state index in [-0.39, 0.29) is 17.7 Å². The Bertz CT molecular complexity index is 811. The minimum Gasteiger partial charge on any atom is -0.358 e. The summed E-state index contributed by atoms with van der Waals surface area (Å²) in [5.41, 5.74) is 3.19. The molecule has 1 atom stereocenters. The summed E-state index contributed by atoms with van der Waals surface area (Å²) < 4.78 is 0. The lowest BCUT2D eigenvalue weighted by Gasteiger charge is -2.32. The zero-order valence-electron chi connectivity index (χ0n) is 17.2. The Balaban J connectivity index is 1.55. The fourth-order valence-corrected chi connectivity index (χ4v) is 4.15. The summed E-state index contributed by atoms with van der Waals surface area (Å²) in [6.45, 7) is 6.25. The van der Waals surface area contributed by atoms with Crippen molar-refractivity contribution < 1.29 is 9.59 Å². The molecule has 0 saturated carbocycles. The van der Waals surface area contributed by atoms with E-state index in [9.17, 15) is 9.59 Å². The molecule has 3 rings (SSSR count). The van der Waals surface area contributed by atoms with Crippen LogP contribution in [0.2, 0.25) is 0 Å². The van der Waals surface area contributed by atoms with Gasteiger partial charge in [0.15, 0.2) is 0 Å². The first-order valence-corrected chi connectivity index (χ1v) is 10.7. The number of aryl methyl sites for hydroxylation is 1. The smallest absolute Gasteiger partial charge is 0.227 e. The van der Waals surface area contributed by atoms with Crippen LogP contribution in [0.3, 0.4) is 0 Å². The van der Waals surface area contributed by atoms with E-state index < -0.39 is 0 Å². The van der Waals surface area contributed by atoms with E-state index in [1.54, 1.807) is 0 Å². The van der Waals surface area contributed by atoms with Gasteiger partial charge >= 0.3 is 0 Å². The van der Waals surface area contributed by atoms with Gasteiger partial charge in [-0.2, -0.15) is 0 Å². The Morgan fingerprint density at radius 1 is 1.21 bits per heavy atom. The number of piperidine rings is 1. The molecule has 2 heterocycles. The highest BCUT2D eigenvalue weighted by Crippen LogP contribution is 2.24. The fraction of sp³-hybridized carbons (Fsp3) is 0.565. The number of hydrogen-bond donors (Lipinski definition) is 2. The fourth-order valence-electron chi connectivity index (χ4n) is 4.15.